The van der Waals surface area contributed by atoms with Crippen molar-refractivity contribution in [1.82, 2.24) is 5.32 Å². The van der Waals surface area contributed by atoms with Gasteiger partial charge in [0.05, 0.1) is 25.1 Å². The molecule has 0 saturated heterocycles. The summed E-state index contributed by atoms with van der Waals surface area (Å²) in [6, 6.07) is 15.2. The average Bonchev–Trinajstić information content (AvgIpc) is 2.74. The summed E-state index contributed by atoms with van der Waals surface area (Å²) in [5.74, 6) is -3.38. The van der Waals surface area contributed by atoms with Crippen molar-refractivity contribution >= 4 is 23.8 Å². The van der Waals surface area contributed by atoms with Gasteiger partial charge in [-0.15, -0.1) is 0 Å². The molecule has 0 fully saturated rings. The fraction of sp³-hybridized carbons (Fsp3) is 0.238. The predicted molar refractivity (Wildman–Crippen MR) is 108 cm³/mol. The number of carbonyl (C=O) groups is 4. The number of carboxylic acids is 2. The molecule has 30 heavy (non-hydrogen) atoms. The van der Waals surface area contributed by atoms with Gasteiger partial charge in [0.15, 0.2) is 0 Å². The van der Waals surface area contributed by atoms with Gasteiger partial charge in [0, 0.05) is 6.42 Å². The van der Waals surface area contributed by atoms with Crippen molar-refractivity contribution in [2.75, 3.05) is 7.11 Å². The van der Waals surface area contributed by atoms with Crippen LogP contribution in [0.5, 0.6) is 0 Å². The number of rotatable bonds is 8. The number of carbonyl (C=O) groups excluding carboxylic acids is 2. The number of amides is 1. The molecule has 0 aliphatic rings. The van der Waals surface area contributed by atoms with Gasteiger partial charge in [0.2, 0.25) is 5.91 Å². The van der Waals surface area contributed by atoms with E-state index in [1.54, 1.807) is 42.5 Å². The van der Waals surface area contributed by atoms with Crippen LogP contribution in [0.15, 0.2) is 60.7 Å². The molecule has 0 saturated carbocycles. The maximum atomic E-state index is 11.8. The molecular weight excluding hydrogens is 392 g/mol. The minimum Gasteiger partial charge on any atom is -0.481 e. The third kappa shape index (κ3) is 8.98. The smallest absolute Gasteiger partial charge is 0.335 e. The van der Waals surface area contributed by atoms with Crippen LogP contribution in [-0.4, -0.2) is 53.2 Å². The number of hydrogen-bond acceptors (Lipinski definition) is 6. The summed E-state index contributed by atoms with van der Waals surface area (Å²) in [5.41, 5.74) is 6.62. The summed E-state index contributed by atoms with van der Waals surface area (Å²) in [5, 5.41) is 19.4. The van der Waals surface area contributed by atoms with Crippen LogP contribution in [0.4, 0.5) is 0 Å². The minimum absolute atomic E-state index is 0.235. The Bertz CT molecular complexity index is 841. The first-order valence-corrected chi connectivity index (χ1v) is 8.92. The Kier molecular flexibility index (Phi) is 10.3. The highest BCUT2D eigenvalue weighted by Crippen LogP contribution is 2.05. The number of benzene rings is 2. The van der Waals surface area contributed by atoms with Crippen molar-refractivity contribution in [3.63, 3.8) is 0 Å². The predicted octanol–water partition coefficient (Wildman–Crippen LogP) is 1.07. The summed E-state index contributed by atoms with van der Waals surface area (Å²) in [6.07, 6.45) is -0.274. The Balaban J connectivity index is 0.000000414. The molecule has 2 atom stereocenters. The molecule has 0 aliphatic carbocycles. The number of hydrogen-bond donors (Lipinski definition) is 4. The largest absolute Gasteiger partial charge is 0.481 e. The quantitative estimate of drug-likeness (QED) is 0.466. The molecule has 2 rings (SSSR count). The second-order valence-corrected chi connectivity index (χ2v) is 6.15. The third-order valence-electron chi connectivity index (χ3n) is 3.84. The topological polar surface area (TPSA) is 156 Å². The number of methoxy groups -OCH3 is 1. The molecule has 0 bridgehead atoms. The van der Waals surface area contributed by atoms with Crippen LogP contribution in [0, 0.1) is 0 Å². The molecule has 2 aromatic rings. The van der Waals surface area contributed by atoms with Gasteiger partial charge in [-0.1, -0.05) is 48.5 Å². The highest BCUT2D eigenvalue weighted by Gasteiger charge is 2.25. The number of aromatic carboxylic acids is 1. The summed E-state index contributed by atoms with van der Waals surface area (Å²) >= 11 is 0. The maximum Gasteiger partial charge on any atom is 0.335 e. The normalized spacial score (nSPS) is 11.8. The van der Waals surface area contributed by atoms with Crippen molar-refractivity contribution in [3.8, 4) is 0 Å². The molecule has 0 aromatic heterocycles. The Morgan fingerprint density at radius 2 is 1.50 bits per heavy atom. The molecule has 160 valence electrons. The lowest BCUT2D eigenvalue weighted by molar-refractivity contribution is -0.145. The monoisotopic (exact) mass is 416 g/mol. The standard InChI is InChI=1S/C14H18N2O5.C7H6O2/c1-21-14(20)11(7-9-5-3-2-4-6-9)16-13(19)10(15)8-12(17)18;8-7(9)6-4-2-1-3-5-6/h2-6,10-11H,7-8,15H2,1H3,(H,16,19)(H,17,18);1-5H,(H,8,9)/t10-,11-;/m0./s1. The summed E-state index contributed by atoms with van der Waals surface area (Å²) in [6.45, 7) is 0. The Morgan fingerprint density at radius 3 is 1.93 bits per heavy atom. The first-order valence-electron chi connectivity index (χ1n) is 8.92. The molecular formula is C21H24N2O7. The van der Waals surface area contributed by atoms with E-state index in [-0.39, 0.29) is 6.42 Å². The molecule has 0 spiro atoms. The number of nitrogens with two attached hydrogens (primary N) is 1. The van der Waals surface area contributed by atoms with Crippen molar-refractivity contribution in [2.24, 2.45) is 5.73 Å². The van der Waals surface area contributed by atoms with Crippen molar-refractivity contribution in [1.29, 1.82) is 0 Å². The zero-order valence-corrected chi connectivity index (χ0v) is 16.4. The van der Waals surface area contributed by atoms with Gasteiger partial charge < -0.3 is 26.0 Å². The van der Waals surface area contributed by atoms with E-state index in [2.05, 4.69) is 10.1 Å². The van der Waals surface area contributed by atoms with Gasteiger partial charge in [0.25, 0.3) is 0 Å². The van der Waals surface area contributed by atoms with Crippen LogP contribution in [0.25, 0.3) is 0 Å². The van der Waals surface area contributed by atoms with Crippen LogP contribution < -0.4 is 11.1 Å². The SMILES string of the molecule is COC(=O)[C@H](Cc1ccccc1)NC(=O)[C@@H](N)CC(=O)O.O=C(O)c1ccccc1. The maximum absolute atomic E-state index is 11.8. The van der Waals surface area contributed by atoms with Crippen LogP contribution in [0.3, 0.4) is 0 Å². The summed E-state index contributed by atoms with van der Waals surface area (Å²) in [7, 11) is 1.21. The molecule has 9 nitrogen and oxygen atoms in total. The highest BCUT2D eigenvalue weighted by molar-refractivity contribution is 5.90. The van der Waals surface area contributed by atoms with Crippen molar-refractivity contribution in [2.45, 2.75) is 24.9 Å². The minimum atomic E-state index is -1.22. The van der Waals surface area contributed by atoms with Crippen molar-refractivity contribution in [3.05, 3.63) is 71.8 Å². The lowest BCUT2D eigenvalue weighted by atomic mass is 10.1. The van der Waals surface area contributed by atoms with Crippen LogP contribution >= 0.6 is 0 Å². The molecule has 2 aromatic carbocycles. The zero-order valence-electron chi connectivity index (χ0n) is 16.4. The first kappa shape index (κ1) is 24.3. The lowest BCUT2D eigenvalue weighted by Gasteiger charge is -2.18. The number of carboxylic acid groups (broad SMARTS) is 2. The van der Waals surface area contributed by atoms with E-state index in [1.807, 2.05) is 18.2 Å². The first-order chi connectivity index (χ1) is 14.2. The molecule has 0 aliphatic heterocycles. The van der Waals surface area contributed by atoms with Crippen molar-refractivity contribution < 1.29 is 34.1 Å². The Labute approximate surface area is 173 Å². The second-order valence-electron chi connectivity index (χ2n) is 6.15. The molecule has 0 radical (unpaired) electrons. The van der Waals surface area contributed by atoms with E-state index in [9.17, 15) is 19.2 Å². The Hall–Kier alpha value is -3.72. The lowest BCUT2D eigenvalue weighted by Crippen LogP contribution is -2.50. The summed E-state index contributed by atoms with van der Waals surface area (Å²) in [4.78, 5) is 44.2. The van der Waals surface area contributed by atoms with Gasteiger partial charge in [-0.3, -0.25) is 9.59 Å². The molecule has 9 heteroatoms. The number of nitrogens with one attached hydrogen (secondary N) is 1. The molecule has 0 heterocycles. The Morgan fingerprint density at radius 1 is 0.967 bits per heavy atom. The molecule has 0 unspecified atom stereocenters. The third-order valence-corrected chi connectivity index (χ3v) is 3.84. The summed E-state index contributed by atoms with van der Waals surface area (Å²) < 4.78 is 4.64. The second kappa shape index (κ2) is 12.7. The molecule has 1 amide bonds. The fourth-order valence-electron chi connectivity index (χ4n) is 2.33. The van der Waals surface area contributed by atoms with E-state index < -0.39 is 42.3 Å². The zero-order chi connectivity index (χ0) is 22.5. The van der Waals surface area contributed by atoms with E-state index in [4.69, 9.17) is 15.9 Å². The number of aliphatic carboxylic acids is 1. The average molecular weight is 416 g/mol. The van der Waals surface area contributed by atoms with Crippen LogP contribution in [0.1, 0.15) is 22.3 Å². The van der Waals surface area contributed by atoms with E-state index in [0.717, 1.165) is 5.56 Å². The van der Waals surface area contributed by atoms with E-state index in [1.165, 1.54) is 7.11 Å². The number of ether oxygens (including phenoxy) is 1. The number of esters is 1. The van der Waals surface area contributed by atoms with Gasteiger partial charge in [-0.2, -0.15) is 0 Å². The van der Waals surface area contributed by atoms with Gasteiger partial charge in [-0.05, 0) is 17.7 Å². The van der Waals surface area contributed by atoms with Gasteiger partial charge in [0.1, 0.15) is 6.04 Å². The molecule has 5 N–H and O–H groups in total. The van der Waals surface area contributed by atoms with Crippen LogP contribution in [0.2, 0.25) is 0 Å². The fourth-order valence-corrected chi connectivity index (χ4v) is 2.33. The van der Waals surface area contributed by atoms with E-state index >= 15 is 0 Å². The van der Waals surface area contributed by atoms with Gasteiger partial charge >= 0.3 is 17.9 Å². The highest BCUT2D eigenvalue weighted by atomic mass is 16.5. The van der Waals surface area contributed by atoms with E-state index in [0.29, 0.717) is 5.56 Å². The van der Waals surface area contributed by atoms with Crippen LogP contribution in [-0.2, 0) is 25.5 Å². The van der Waals surface area contributed by atoms with Gasteiger partial charge in [-0.25, -0.2) is 9.59 Å².